The maximum absolute atomic E-state index is 14.3. The van der Waals surface area contributed by atoms with Gasteiger partial charge in [0.25, 0.3) is 0 Å². The number of hydrogen-bond donors (Lipinski definition) is 0. The van der Waals surface area contributed by atoms with E-state index in [9.17, 15) is 22.0 Å². The van der Waals surface area contributed by atoms with Crippen LogP contribution in [0, 0.1) is 11.6 Å². The smallest absolute Gasteiger partial charge is 0.236 e. The highest BCUT2D eigenvalue weighted by atomic mass is 32.2. The summed E-state index contributed by atoms with van der Waals surface area (Å²) in [4.78, 5) is 20.0. The molecule has 1 saturated heterocycles. The molecule has 8 nitrogen and oxygen atoms in total. The molecule has 1 fully saturated rings. The minimum atomic E-state index is -3.64. The standard InChI is InChI=1S/C19H17F2N5O3S/c1-12(27)17-9-16(24-25(17)11-13-5-2-3-6-14(13)20)18-22-10-15(21)19(23-18)26-7-4-8-30(26,28)29/h2-3,5-6,9-10H,4,7-8,11H2,1H3. The lowest BCUT2D eigenvalue weighted by molar-refractivity contribution is 0.100. The second-order valence-electron chi connectivity index (χ2n) is 6.83. The molecule has 1 aliphatic rings. The van der Waals surface area contributed by atoms with E-state index >= 15 is 0 Å². The number of carbonyl (C=O) groups is 1. The van der Waals surface area contributed by atoms with Gasteiger partial charge in [-0.05, 0) is 18.6 Å². The summed E-state index contributed by atoms with van der Waals surface area (Å²) in [5.74, 6) is -2.11. The molecular weight excluding hydrogens is 416 g/mol. The van der Waals surface area contributed by atoms with Crippen LogP contribution in [0.4, 0.5) is 14.6 Å². The SMILES string of the molecule is CC(=O)c1cc(-c2ncc(F)c(N3CCCS3(=O)=O)n2)nn1Cc1ccccc1F. The lowest BCUT2D eigenvalue weighted by Gasteiger charge is -2.16. The molecule has 0 unspecified atom stereocenters. The highest BCUT2D eigenvalue weighted by Gasteiger charge is 2.32. The largest absolute Gasteiger partial charge is 0.293 e. The molecule has 156 valence electrons. The molecule has 2 aromatic heterocycles. The summed E-state index contributed by atoms with van der Waals surface area (Å²) in [5, 5.41) is 4.29. The molecule has 0 bridgehead atoms. The molecule has 0 spiro atoms. The number of carbonyl (C=O) groups excluding carboxylic acids is 1. The zero-order valence-electron chi connectivity index (χ0n) is 15.9. The minimum absolute atomic E-state index is 0.00383. The fourth-order valence-corrected chi connectivity index (χ4v) is 4.76. The van der Waals surface area contributed by atoms with Crippen molar-refractivity contribution < 1.29 is 22.0 Å². The van der Waals surface area contributed by atoms with Gasteiger partial charge in [0.15, 0.2) is 23.2 Å². The average molecular weight is 433 g/mol. The van der Waals surface area contributed by atoms with Crippen LogP contribution in [0.25, 0.3) is 11.5 Å². The van der Waals surface area contributed by atoms with Gasteiger partial charge in [-0.25, -0.2) is 27.2 Å². The number of anilines is 1. The fraction of sp³-hybridized carbons (Fsp3) is 0.263. The van der Waals surface area contributed by atoms with Crippen molar-refractivity contribution in [3.8, 4) is 11.5 Å². The number of hydrogen-bond acceptors (Lipinski definition) is 6. The number of rotatable bonds is 5. The highest BCUT2D eigenvalue weighted by molar-refractivity contribution is 7.93. The Morgan fingerprint density at radius 2 is 1.97 bits per heavy atom. The quantitative estimate of drug-likeness (QED) is 0.573. The van der Waals surface area contributed by atoms with Crippen LogP contribution < -0.4 is 4.31 Å². The first kappa shape index (κ1) is 20.1. The van der Waals surface area contributed by atoms with Gasteiger partial charge in [-0.2, -0.15) is 5.10 Å². The van der Waals surface area contributed by atoms with Gasteiger partial charge in [0.2, 0.25) is 10.0 Å². The van der Waals surface area contributed by atoms with E-state index in [1.807, 2.05) is 0 Å². The number of halogens is 2. The summed E-state index contributed by atoms with van der Waals surface area (Å²) in [6, 6.07) is 7.52. The van der Waals surface area contributed by atoms with Crippen molar-refractivity contribution in [1.29, 1.82) is 0 Å². The molecule has 1 aliphatic heterocycles. The third kappa shape index (κ3) is 3.67. The van der Waals surface area contributed by atoms with E-state index in [2.05, 4.69) is 15.1 Å². The van der Waals surface area contributed by atoms with Gasteiger partial charge in [0.05, 0.1) is 18.5 Å². The predicted molar refractivity (Wildman–Crippen MR) is 104 cm³/mol. The summed E-state index contributed by atoms with van der Waals surface area (Å²) in [7, 11) is -3.64. The molecule has 0 atom stereocenters. The second-order valence-corrected chi connectivity index (χ2v) is 8.84. The van der Waals surface area contributed by atoms with Crippen molar-refractivity contribution in [3.05, 3.63) is 59.4 Å². The number of sulfonamides is 1. The Hall–Kier alpha value is -3.21. The maximum atomic E-state index is 14.3. The molecular formula is C19H17F2N5O3S. The molecule has 0 amide bonds. The second kappa shape index (κ2) is 7.56. The Morgan fingerprint density at radius 1 is 1.20 bits per heavy atom. The molecule has 0 N–H and O–H groups in total. The van der Waals surface area contributed by atoms with Crippen LogP contribution in [-0.2, 0) is 16.6 Å². The summed E-state index contributed by atoms with van der Waals surface area (Å²) in [6.07, 6.45) is 1.24. The van der Waals surface area contributed by atoms with Crippen molar-refractivity contribution in [3.63, 3.8) is 0 Å². The Kier molecular flexibility index (Phi) is 5.06. The van der Waals surface area contributed by atoms with Crippen LogP contribution in [0.2, 0.25) is 0 Å². The van der Waals surface area contributed by atoms with Crippen molar-refractivity contribution in [1.82, 2.24) is 19.7 Å². The van der Waals surface area contributed by atoms with E-state index in [4.69, 9.17) is 0 Å². The molecule has 11 heteroatoms. The van der Waals surface area contributed by atoms with Crippen LogP contribution in [0.1, 0.15) is 29.4 Å². The lowest BCUT2D eigenvalue weighted by atomic mass is 10.2. The van der Waals surface area contributed by atoms with E-state index in [0.29, 0.717) is 12.0 Å². The monoisotopic (exact) mass is 433 g/mol. The predicted octanol–water partition coefficient (Wildman–Crippen LogP) is 2.41. The molecule has 30 heavy (non-hydrogen) atoms. The average Bonchev–Trinajstić information content (AvgIpc) is 3.27. The Bertz CT molecular complexity index is 1240. The number of nitrogens with zero attached hydrogens (tertiary/aromatic N) is 5. The number of Topliss-reactive ketones (excluding diaryl/α,β-unsaturated/α-hetero) is 1. The summed E-state index contributed by atoms with van der Waals surface area (Å²) in [6.45, 7) is 1.46. The number of aromatic nitrogens is 4. The summed E-state index contributed by atoms with van der Waals surface area (Å²) in [5.41, 5.74) is 0.671. The molecule has 0 aliphatic carbocycles. The van der Waals surface area contributed by atoms with Crippen molar-refractivity contribution in [2.24, 2.45) is 0 Å². The first-order valence-electron chi connectivity index (χ1n) is 9.12. The van der Waals surface area contributed by atoms with Crippen LogP contribution in [-0.4, -0.2) is 46.2 Å². The minimum Gasteiger partial charge on any atom is -0.293 e. The van der Waals surface area contributed by atoms with E-state index in [1.165, 1.54) is 23.7 Å². The molecule has 3 aromatic rings. The molecule has 0 saturated carbocycles. The first-order chi connectivity index (χ1) is 14.3. The van der Waals surface area contributed by atoms with Crippen LogP contribution in [0.3, 0.4) is 0 Å². The normalized spacial score (nSPS) is 15.5. The van der Waals surface area contributed by atoms with Gasteiger partial charge < -0.3 is 0 Å². The van der Waals surface area contributed by atoms with Crippen LogP contribution >= 0.6 is 0 Å². The molecule has 0 radical (unpaired) electrons. The van der Waals surface area contributed by atoms with Crippen LogP contribution in [0.5, 0.6) is 0 Å². The molecule has 3 heterocycles. The highest BCUT2D eigenvalue weighted by Crippen LogP contribution is 2.27. The maximum Gasteiger partial charge on any atom is 0.236 e. The number of ketones is 1. The third-order valence-corrected chi connectivity index (χ3v) is 6.54. The Labute approximate surface area is 171 Å². The Balaban J connectivity index is 1.75. The van der Waals surface area contributed by atoms with E-state index in [1.54, 1.807) is 18.2 Å². The van der Waals surface area contributed by atoms with E-state index < -0.39 is 21.7 Å². The van der Waals surface area contributed by atoms with Gasteiger partial charge in [-0.1, -0.05) is 18.2 Å². The Morgan fingerprint density at radius 3 is 2.63 bits per heavy atom. The zero-order valence-corrected chi connectivity index (χ0v) is 16.7. The van der Waals surface area contributed by atoms with Crippen molar-refractivity contribution >= 4 is 21.6 Å². The molecule has 1 aromatic carbocycles. The summed E-state index contributed by atoms with van der Waals surface area (Å²) >= 11 is 0. The topological polar surface area (TPSA) is 98.1 Å². The van der Waals surface area contributed by atoms with Gasteiger partial charge in [0, 0.05) is 19.0 Å². The van der Waals surface area contributed by atoms with Gasteiger partial charge >= 0.3 is 0 Å². The third-order valence-electron chi connectivity index (χ3n) is 4.71. The first-order valence-corrected chi connectivity index (χ1v) is 10.7. The molecule has 4 rings (SSSR count). The van der Waals surface area contributed by atoms with Crippen molar-refractivity contribution in [2.45, 2.75) is 19.9 Å². The van der Waals surface area contributed by atoms with E-state index in [0.717, 1.165) is 10.5 Å². The van der Waals surface area contributed by atoms with Gasteiger partial charge in [-0.15, -0.1) is 0 Å². The summed E-state index contributed by atoms with van der Waals surface area (Å²) < 4.78 is 54.8. The van der Waals surface area contributed by atoms with Crippen molar-refractivity contribution in [2.75, 3.05) is 16.6 Å². The van der Waals surface area contributed by atoms with Gasteiger partial charge in [-0.3, -0.25) is 13.8 Å². The van der Waals surface area contributed by atoms with Crippen LogP contribution in [0.15, 0.2) is 36.5 Å². The zero-order chi connectivity index (χ0) is 21.5. The fourth-order valence-electron chi connectivity index (χ4n) is 3.25. The van der Waals surface area contributed by atoms with E-state index in [-0.39, 0.29) is 47.7 Å². The van der Waals surface area contributed by atoms with Gasteiger partial charge in [0.1, 0.15) is 17.2 Å². The number of benzene rings is 1. The lowest BCUT2D eigenvalue weighted by Crippen LogP contribution is -2.27.